The molecule has 0 atom stereocenters. The highest BCUT2D eigenvalue weighted by molar-refractivity contribution is 6.89. The molecule has 0 radical (unpaired) electrons. The molecule has 28 heavy (non-hydrogen) atoms. The fourth-order valence-electron chi connectivity index (χ4n) is 3.53. The zero-order valence-electron chi connectivity index (χ0n) is 15.8. The summed E-state index contributed by atoms with van der Waals surface area (Å²) in [6.07, 6.45) is -4.47. The Morgan fingerprint density at radius 3 is 2.04 bits per heavy atom. The average molecular weight is 399 g/mol. The Bertz CT molecular complexity index is 1170. The van der Waals surface area contributed by atoms with Gasteiger partial charge in [-0.2, -0.15) is 13.2 Å². The van der Waals surface area contributed by atoms with Crippen molar-refractivity contribution in [1.29, 1.82) is 0 Å². The van der Waals surface area contributed by atoms with E-state index in [1.165, 1.54) is 11.3 Å². The monoisotopic (exact) mass is 399 g/mol. The van der Waals surface area contributed by atoms with E-state index >= 15 is 0 Å². The lowest BCUT2D eigenvalue weighted by atomic mass is 10.1. The molecule has 3 aromatic carbocycles. The van der Waals surface area contributed by atoms with Crippen LogP contribution in [0.3, 0.4) is 0 Å². The second kappa shape index (κ2) is 6.41. The summed E-state index contributed by atoms with van der Waals surface area (Å²) in [4.78, 5) is 0. The number of benzene rings is 3. The first-order chi connectivity index (χ1) is 13.2. The number of furan rings is 1. The molecule has 1 heterocycles. The van der Waals surface area contributed by atoms with E-state index < -0.39 is 19.8 Å². The van der Waals surface area contributed by atoms with Crippen molar-refractivity contribution in [2.45, 2.75) is 25.8 Å². The van der Waals surface area contributed by atoms with Gasteiger partial charge in [-0.1, -0.05) is 62.1 Å². The summed E-state index contributed by atoms with van der Waals surface area (Å²) in [5.41, 5.74) is 1.17. The minimum Gasteiger partial charge on any atom is -0.453 e. The Balaban J connectivity index is 1.91. The molecule has 0 aliphatic carbocycles. The number of anilines is 2. The first kappa shape index (κ1) is 18.6. The van der Waals surface area contributed by atoms with Crippen LogP contribution in [-0.2, 0) is 6.18 Å². The van der Waals surface area contributed by atoms with Crippen molar-refractivity contribution >= 4 is 46.6 Å². The van der Waals surface area contributed by atoms with Crippen LogP contribution in [0.15, 0.2) is 65.1 Å². The number of hydrogen-bond donors (Lipinski definition) is 1. The van der Waals surface area contributed by atoms with Crippen LogP contribution in [0.1, 0.15) is 5.56 Å². The standard InChI is InChI=1S/C22H20F3NOSi/c1-28(2,3)19-13-5-4-11-17(19)26-18-12-7-9-15-14-8-6-10-16(22(23,24)25)20(14)27-21(15)18/h4-13,26H,1-3H3. The lowest BCUT2D eigenvalue weighted by Crippen LogP contribution is -2.38. The highest BCUT2D eigenvalue weighted by Crippen LogP contribution is 2.41. The highest BCUT2D eigenvalue weighted by Gasteiger charge is 2.34. The van der Waals surface area contributed by atoms with Crippen LogP contribution >= 0.6 is 0 Å². The van der Waals surface area contributed by atoms with Crippen LogP contribution in [0.25, 0.3) is 21.9 Å². The number of hydrogen-bond acceptors (Lipinski definition) is 2. The van der Waals surface area contributed by atoms with Crippen molar-refractivity contribution in [2.24, 2.45) is 0 Å². The summed E-state index contributed by atoms with van der Waals surface area (Å²) in [5.74, 6) is 0. The molecule has 0 spiro atoms. The number of para-hydroxylation sites is 3. The summed E-state index contributed by atoms with van der Waals surface area (Å²) in [5, 5.41) is 5.78. The molecule has 144 valence electrons. The summed E-state index contributed by atoms with van der Waals surface area (Å²) in [7, 11) is -1.61. The summed E-state index contributed by atoms with van der Waals surface area (Å²) >= 11 is 0. The van der Waals surface area contributed by atoms with Crippen LogP contribution in [0.2, 0.25) is 19.6 Å². The quantitative estimate of drug-likeness (QED) is 0.379. The number of rotatable bonds is 3. The smallest absolute Gasteiger partial charge is 0.420 e. The molecule has 0 fully saturated rings. The van der Waals surface area contributed by atoms with Crippen molar-refractivity contribution < 1.29 is 17.6 Å². The molecule has 0 bridgehead atoms. The van der Waals surface area contributed by atoms with Crippen LogP contribution in [0.4, 0.5) is 24.5 Å². The molecule has 0 aliphatic rings. The van der Waals surface area contributed by atoms with Crippen LogP contribution in [0.5, 0.6) is 0 Å². The highest BCUT2D eigenvalue weighted by atomic mass is 28.3. The molecule has 0 saturated carbocycles. The maximum atomic E-state index is 13.4. The van der Waals surface area contributed by atoms with E-state index in [1.807, 2.05) is 30.3 Å². The van der Waals surface area contributed by atoms with Gasteiger partial charge in [0.1, 0.15) is 5.58 Å². The Labute approximate surface area is 162 Å². The minimum absolute atomic E-state index is 0.127. The van der Waals surface area contributed by atoms with E-state index in [0.29, 0.717) is 22.0 Å². The zero-order chi connectivity index (χ0) is 20.1. The molecule has 1 N–H and O–H groups in total. The van der Waals surface area contributed by atoms with Gasteiger partial charge in [-0.3, -0.25) is 0 Å². The molecule has 0 amide bonds. The number of fused-ring (bicyclic) bond motifs is 3. The molecule has 0 unspecified atom stereocenters. The van der Waals surface area contributed by atoms with Gasteiger partial charge in [0.15, 0.2) is 5.58 Å². The van der Waals surface area contributed by atoms with E-state index in [4.69, 9.17) is 4.42 Å². The van der Waals surface area contributed by atoms with Gasteiger partial charge in [-0.15, -0.1) is 0 Å². The fourth-order valence-corrected chi connectivity index (χ4v) is 5.08. The Morgan fingerprint density at radius 2 is 1.36 bits per heavy atom. The Hall–Kier alpha value is -2.73. The Morgan fingerprint density at radius 1 is 0.750 bits per heavy atom. The van der Waals surface area contributed by atoms with E-state index in [1.54, 1.807) is 12.1 Å². The van der Waals surface area contributed by atoms with Gasteiger partial charge in [0, 0.05) is 16.5 Å². The first-order valence-corrected chi connectivity index (χ1v) is 12.5. The van der Waals surface area contributed by atoms with Gasteiger partial charge >= 0.3 is 6.18 Å². The minimum atomic E-state index is -4.47. The number of halogens is 3. The lowest BCUT2D eigenvalue weighted by molar-refractivity contribution is -0.136. The third-order valence-electron chi connectivity index (χ3n) is 4.83. The second-order valence-corrected chi connectivity index (χ2v) is 12.9. The van der Waals surface area contributed by atoms with Crippen molar-refractivity contribution in [3.05, 3.63) is 66.2 Å². The molecule has 1 aromatic heterocycles. The predicted molar refractivity (Wildman–Crippen MR) is 111 cm³/mol. The SMILES string of the molecule is C[Si](C)(C)c1ccccc1Nc1cccc2c1oc1c(C(F)(F)F)cccc12. The molecular formula is C22H20F3NOSi. The van der Waals surface area contributed by atoms with Gasteiger partial charge in [0.05, 0.1) is 19.3 Å². The summed E-state index contributed by atoms with van der Waals surface area (Å²) in [6, 6.07) is 17.6. The van der Waals surface area contributed by atoms with Gasteiger partial charge < -0.3 is 9.73 Å². The molecule has 0 aliphatic heterocycles. The number of alkyl halides is 3. The topological polar surface area (TPSA) is 25.2 Å². The largest absolute Gasteiger partial charge is 0.453 e. The van der Waals surface area contributed by atoms with E-state index in [-0.39, 0.29) is 5.58 Å². The van der Waals surface area contributed by atoms with Gasteiger partial charge in [-0.05, 0) is 23.4 Å². The maximum Gasteiger partial charge on any atom is 0.420 e. The zero-order valence-corrected chi connectivity index (χ0v) is 16.8. The van der Waals surface area contributed by atoms with Crippen molar-refractivity contribution in [2.75, 3.05) is 5.32 Å². The van der Waals surface area contributed by atoms with Crippen LogP contribution in [-0.4, -0.2) is 8.07 Å². The molecule has 6 heteroatoms. The second-order valence-electron chi connectivity index (χ2n) is 7.88. The molecule has 0 saturated heterocycles. The van der Waals surface area contributed by atoms with E-state index in [2.05, 4.69) is 31.0 Å². The third-order valence-corrected chi connectivity index (χ3v) is 6.89. The van der Waals surface area contributed by atoms with Crippen molar-refractivity contribution in [1.82, 2.24) is 0 Å². The van der Waals surface area contributed by atoms with Gasteiger partial charge in [0.25, 0.3) is 0 Å². The van der Waals surface area contributed by atoms with Crippen molar-refractivity contribution in [3.63, 3.8) is 0 Å². The number of nitrogens with one attached hydrogen (secondary N) is 1. The summed E-state index contributed by atoms with van der Waals surface area (Å²) in [6.45, 7) is 6.76. The Kier molecular flexibility index (Phi) is 4.26. The van der Waals surface area contributed by atoms with Crippen molar-refractivity contribution in [3.8, 4) is 0 Å². The normalized spacial score (nSPS) is 12.6. The van der Waals surface area contributed by atoms with Crippen LogP contribution in [0, 0.1) is 0 Å². The molecule has 2 nitrogen and oxygen atoms in total. The van der Waals surface area contributed by atoms with Gasteiger partial charge in [-0.25, -0.2) is 0 Å². The fraction of sp³-hybridized carbons (Fsp3) is 0.182. The van der Waals surface area contributed by atoms with Gasteiger partial charge in [0.2, 0.25) is 0 Å². The molecular weight excluding hydrogens is 379 g/mol. The molecule has 4 rings (SSSR count). The summed E-state index contributed by atoms with van der Waals surface area (Å²) < 4.78 is 46.0. The van der Waals surface area contributed by atoms with Crippen LogP contribution < -0.4 is 10.5 Å². The van der Waals surface area contributed by atoms with E-state index in [9.17, 15) is 13.2 Å². The predicted octanol–water partition coefficient (Wildman–Crippen LogP) is 6.89. The average Bonchev–Trinajstić information content (AvgIpc) is 3.00. The third kappa shape index (κ3) is 3.18. The molecule has 4 aromatic rings. The first-order valence-electron chi connectivity index (χ1n) is 9.04. The van der Waals surface area contributed by atoms with E-state index in [0.717, 1.165) is 11.8 Å². The maximum absolute atomic E-state index is 13.4. The lowest BCUT2D eigenvalue weighted by Gasteiger charge is -2.21.